The second-order valence-electron chi connectivity index (χ2n) is 11.8. The molecule has 2 saturated carbocycles. The van der Waals surface area contributed by atoms with Crippen LogP contribution >= 0.6 is 11.6 Å². The van der Waals surface area contributed by atoms with Crippen molar-refractivity contribution in [3.8, 4) is 22.8 Å². The van der Waals surface area contributed by atoms with Crippen molar-refractivity contribution in [3.63, 3.8) is 0 Å². The minimum absolute atomic E-state index is 0.0331. The maximum absolute atomic E-state index is 14.5. The maximum Gasteiger partial charge on any atom is 0.439 e. The first kappa shape index (κ1) is 25.6. The molecule has 5 heterocycles. The zero-order chi connectivity index (χ0) is 27.8. The number of hydrogen-bond acceptors (Lipinski definition) is 7. The van der Waals surface area contributed by atoms with Crippen LogP contribution in [0.5, 0.6) is 0 Å². The van der Waals surface area contributed by atoms with E-state index in [1.54, 1.807) is 24.5 Å². The lowest BCUT2D eigenvalue weighted by Gasteiger charge is -2.29. The van der Waals surface area contributed by atoms with Gasteiger partial charge in [0.1, 0.15) is 5.69 Å². The number of hydrogen-bond donors (Lipinski definition) is 1. The average molecular weight is 570 g/mol. The molecule has 9 nitrogen and oxygen atoms in total. The average Bonchev–Trinajstić information content (AvgIpc) is 3.18. The first-order valence-corrected chi connectivity index (χ1v) is 14.3. The number of nitrogens with one attached hydrogen (secondary N) is 1. The van der Waals surface area contributed by atoms with Crippen molar-refractivity contribution in [1.29, 1.82) is 0 Å². The zero-order valence-corrected chi connectivity index (χ0v) is 23.0. The summed E-state index contributed by atoms with van der Waals surface area (Å²) >= 11 is 6.34. The molecule has 0 bridgehead atoms. The number of alkyl halides is 2. The number of imidazole rings is 1. The topological polar surface area (TPSA) is 106 Å². The SMILES string of the molecule is CC1CCC(Cn2c(N3CCC4C3C4C(C)(F)F)nc3cc(-c4noc(=O)[nH]4)nc(-c4cncc(Cl)c4)c32)CC1. The normalized spacial score (nSPS) is 26.4. The molecular formula is C28H30ClF2N7O2. The van der Waals surface area contributed by atoms with Crippen LogP contribution in [0.3, 0.4) is 0 Å². The van der Waals surface area contributed by atoms with Crippen LogP contribution in [0.15, 0.2) is 33.8 Å². The number of aromatic amines is 1. The van der Waals surface area contributed by atoms with Crippen molar-refractivity contribution in [3.05, 3.63) is 40.1 Å². The number of rotatable bonds is 6. The Morgan fingerprint density at radius 3 is 2.62 bits per heavy atom. The Kier molecular flexibility index (Phi) is 5.99. The van der Waals surface area contributed by atoms with Crippen LogP contribution in [-0.4, -0.2) is 48.2 Å². The molecule has 40 heavy (non-hydrogen) atoms. The summed E-state index contributed by atoms with van der Waals surface area (Å²) in [6, 6.07) is 3.31. The van der Waals surface area contributed by atoms with Gasteiger partial charge in [-0.2, -0.15) is 0 Å². The van der Waals surface area contributed by atoms with Crippen LogP contribution < -0.4 is 10.7 Å². The Bertz CT molecular complexity index is 1640. The summed E-state index contributed by atoms with van der Waals surface area (Å²) < 4.78 is 35.9. The largest absolute Gasteiger partial charge is 0.439 e. The number of pyridine rings is 2. The number of halogens is 3. The van der Waals surface area contributed by atoms with E-state index < -0.39 is 17.6 Å². The van der Waals surface area contributed by atoms with E-state index in [0.29, 0.717) is 58.4 Å². The molecule has 1 aliphatic heterocycles. The minimum atomic E-state index is -2.74. The highest BCUT2D eigenvalue weighted by atomic mass is 35.5. The van der Waals surface area contributed by atoms with Crippen LogP contribution in [-0.2, 0) is 6.54 Å². The number of fused-ring (bicyclic) bond motifs is 2. The highest BCUT2D eigenvalue weighted by Gasteiger charge is 2.66. The molecule has 0 spiro atoms. The molecule has 4 aromatic heterocycles. The molecule has 2 aliphatic carbocycles. The van der Waals surface area contributed by atoms with Crippen molar-refractivity contribution in [1.82, 2.24) is 29.7 Å². The molecule has 0 radical (unpaired) electrons. The molecular weight excluding hydrogens is 540 g/mol. The lowest BCUT2D eigenvalue weighted by molar-refractivity contribution is -0.0108. The molecule has 3 aliphatic rings. The molecule has 210 valence electrons. The minimum Gasteiger partial charge on any atom is -0.338 e. The number of piperidine rings is 1. The number of nitrogens with zero attached hydrogens (tertiary/aromatic N) is 6. The Morgan fingerprint density at radius 1 is 1.15 bits per heavy atom. The third-order valence-corrected chi connectivity index (χ3v) is 9.18. The van der Waals surface area contributed by atoms with E-state index in [0.717, 1.165) is 44.5 Å². The molecule has 0 aromatic carbocycles. The first-order chi connectivity index (χ1) is 19.2. The van der Waals surface area contributed by atoms with Gasteiger partial charge in [-0.15, -0.1) is 0 Å². The fraction of sp³-hybridized carbons (Fsp3) is 0.536. The summed E-state index contributed by atoms with van der Waals surface area (Å²) in [6.07, 6.45) is 8.48. The van der Waals surface area contributed by atoms with Gasteiger partial charge in [0.15, 0.2) is 0 Å². The standard InChI is InChI=1S/C28H30ClF2N7O2/c1-14-3-5-15(6-4-14)13-38-24-19(34-26(38)37-8-7-18-21(23(18)37)28(2,30)31)10-20(25-35-27(39)40-36-25)33-22(24)16-9-17(29)12-32-11-16/h9-12,14-15,18,21,23H,3-8,13H2,1-2H3,(H,35,36,39). The number of H-pyrrole nitrogens is 1. The molecule has 12 heteroatoms. The molecule has 7 rings (SSSR count). The smallest absolute Gasteiger partial charge is 0.338 e. The highest BCUT2D eigenvalue weighted by molar-refractivity contribution is 6.30. The van der Waals surface area contributed by atoms with E-state index in [9.17, 15) is 13.6 Å². The number of aromatic nitrogens is 6. The van der Waals surface area contributed by atoms with E-state index in [4.69, 9.17) is 26.1 Å². The zero-order valence-electron chi connectivity index (χ0n) is 22.3. The predicted molar refractivity (Wildman–Crippen MR) is 146 cm³/mol. The van der Waals surface area contributed by atoms with Crippen molar-refractivity contribution in [2.75, 3.05) is 11.4 Å². The second kappa shape index (κ2) is 9.36. The van der Waals surface area contributed by atoms with Gasteiger partial charge in [0, 0.05) is 43.0 Å². The van der Waals surface area contributed by atoms with Crippen molar-refractivity contribution in [2.45, 2.75) is 64.5 Å². The lowest BCUT2D eigenvalue weighted by Crippen LogP contribution is -2.32. The molecule has 3 atom stereocenters. The van der Waals surface area contributed by atoms with Crippen molar-refractivity contribution in [2.24, 2.45) is 23.7 Å². The Labute approximate surface area is 234 Å². The van der Waals surface area contributed by atoms with Gasteiger partial charge in [-0.05, 0) is 56.1 Å². The van der Waals surface area contributed by atoms with Gasteiger partial charge in [0.2, 0.25) is 11.8 Å². The van der Waals surface area contributed by atoms with Crippen molar-refractivity contribution < 1.29 is 13.3 Å². The fourth-order valence-electron chi connectivity index (χ4n) is 6.99. The summed E-state index contributed by atoms with van der Waals surface area (Å²) in [5.41, 5.74) is 3.06. The van der Waals surface area contributed by atoms with Gasteiger partial charge in [-0.3, -0.25) is 14.5 Å². The summed E-state index contributed by atoms with van der Waals surface area (Å²) in [5, 5.41) is 4.29. The lowest BCUT2D eigenvalue weighted by atomic mass is 9.83. The fourth-order valence-corrected chi connectivity index (χ4v) is 7.16. The summed E-state index contributed by atoms with van der Waals surface area (Å²) in [7, 11) is 0. The van der Waals surface area contributed by atoms with Crippen LogP contribution in [0.4, 0.5) is 14.7 Å². The number of anilines is 1. The van der Waals surface area contributed by atoms with E-state index in [1.165, 1.54) is 0 Å². The molecule has 4 aromatic rings. The van der Waals surface area contributed by atoms with Crippen LogP contribution in [0, 0.1) is 23.7 Å². The van der Waals surface area contributed by atoms with Gasteiger partial charge in [0.05, 0.1) is 21.7 Å². The van der Waals surface area contributed by atoms with E-state index in [1.807, 2.05) is 0 Å². The van der Waals surface area contributed by atoms with Gasteiger partial charge in [0.25, 0.3) is 5.92 Å². The summed E-state index contributed by atoms with van der Waals surface area (Å²) in [5.74, 6) is -2.13. The Morgan fingerprint density at radius 2 is 1.95 bits per heavy atom. The van der Waals surface area contributed by atoms with Gasteiger partial charge < -0.3 is 9.47 Å². The van der Waals surface area contributed by atoms with Crippen molar-refractivity contribution >= 4 is 28.6 Å². The third kappa shape index (κ3) is 4.38. The van der Waals surface area contributed by atoms with E-state index in [2.05, 4.69) is 31.5 Å². The van der Waals surface area contributed by atoms with Gasteiger partial charge in [-0.1, -0.05) is 36.5 Å². The quantitative estimate of drug-likeness (QED) is 0.313. The molecule has 1 saturated heterocycles. The van der Waals surface area contributed by atoms with E-state index >= 15 is 0 Å². The maximum atomic E-state index is 14.5. The predicted octanol–water partition coefficient (Wildman–Crippen LogP) is 5.80. The molecule has 0 amide bonds. The molecule has 1 N–H and O–H groups in total. The van der Waals surface area contributed by atoms with Gasteiger partial charge in [-0.25, -0.2) is 23.5 Å². The first-order valence-electron chi connectivity index (χ1n) is 13.9. The highest BCUT2D eigenvalue weighted by Crippen LogP contribution is 2.58. The van der Waals surface area contributed by atoms with Crippen LogP contribution in [0.25, 0.3) is 33.8 Å². The summed E-state index contributed by atoms with van der Waals surface area (Å²) in [4.78, 5) is 30.6. The third-order valence-electron chi connectivity index (χ3n) is 8.97. The summed E-state index contributed by atoms with van der Waals surface area (Å²) in [6.45, 7) is 4.71. The molecule has 3 fully saturated rings. The Balaban J connectivity index is 1.42. The van der Waals surface area contributed by atoms with Gasteiger partial charge >= 0.3 is 5.76 Å². The van der Waals surface area contributed by atoms with Crippen LogP contribution in [0.1, 0.15) is 46.0 Å². The second-order valence-corrected chi connectivity index (χ2v) is 12.3. The molecule has 3 unspecified atom stereocenters. The van der Waals surface area contributed by atoms with Crippen LogP contribution in [0.2, 0.25) is 5.02 Å². The Hall–Kier alpha value is -3.34. The monoisotopic (exact) mass is 569 g/mol. The van der Waals surface area contributed by atoms with E-state index in [-0.39, 0.29) is 17.8 Å².